The lowest BCUT2D eigenvalue weighted by Gasteiger charge is -2.15. The fourth-order valence-electron chi connectivity index (χ4n) is 13.7. The van der Waals surface area contributed by atoms with Gasteiger partial charge in [-0.25, -0.2) is 24.9 Å². The molecule has 6 aromatic heterocycles. The molecule has 13 aromatic carbocycles. The lowest BCUT2D eigenvalue weighted by Crippen LogP contribution is -2.01. The van der Waals surface area contributed by atoms with Crippen molar-refractivity contribution < 1.29 is 0 Å². The zero-order valence-electron chi connectivity index (χ0n) is 52.8. The molecule has 0 N–H and O–H groups in total. The van der Waals surface area contributed by atoms with E-state index in [4.69, 9.17) is 39.9 Å². The summed E-state index contributed by atoms with van der Waals surface area (Å²) in [4.78, 5) is 44.9. The van der Waals surface area contributed by atoms with E-state index >= 15 is 0 Å². The average Bonchev–Trinajstić information content (AvgIpc) is 0.765. The summed E-state index contributed by atoms with van der Waals surface area (Å²) in [6.07, 6.45) is 7.30. The minimum absolute atomic E-state index is 0.569. The topological polar surface area (TPSA) is 116 Å². The molecule has 19 aromatic rings. The van der Waals surface area contributed by atoms with Gasteiger partial charge in [0, 0.05) is 79.7 Å². The number of aromatic nitrogens is 9. The van der Waals surface area contributed by atoms with Gasteiger partial charge in [0.25, 0.3) is 0 Å². The highest BCUT2D eigenvalue weighted by atomic mass is 15.0. The quantitative estimate of drug-likeness (QED) is 0.130. The van der Waals surface area contributed by atoms with E-state index in [0.717, 1.165) is 138 Å². The second-order valence-corrected chi connectivity index (χ2v) is 24.5. The maximum atomic E-state index is 5.37. The van der Waals surface area contributed by atoms with Crippen molar-refractivity contribution in [2.24, 2.45) is 0 Å². The Morgan fingerprint density at radius 1 is 0.173 bits per heavy atom. The van der Waals surface area contributed by atoms with Crippen LogP contribution in [0.4, 0.5) is 0 Å². The summed E-state index contributed by atoms with van der Waals surface area (Å²) in [6.45, 7) is 0. The van der Waals surface area contributed by atoms with Gasteiger partial charge in [0.2, 0.25) is 0 Å². The Morgan fingerprint density at radius 2 is 0.592 bits per heavy atom. The van der Waals surface area contributed by atoms with Crippen LogP contribution in [0.15, 0.2) is 334 Å². The smallest absolute Gasteiger partial charge is 0.165 e. The van der Waals surface area contributed by atoms with Gasteiger partial charge in [-0.15, -0.1) is 0 Å². The minimum atomic E-state index is 0.569. The van der Waals surface area contributed by atoms with Crippen LogP contribution in [0.2, 0.25) is 0 Å². The van der Waals surface area contributed by atoms with Gasteiger partial charge in [-0.2, -0.15) is 0 Å². The molecule has 6 heterocycles. The van der Waals surface area contributed by atoms with Gasteiger partial charge in [0.1, 0.15) is 0 Å². The van der Waals surface area contributed by atoms with Crippen LogP contribution in [-0.2, 0) is 0 Å². The monoisotopic (exact) mass is 1250 g/mol. The number of benzene rings is 13. The highest BCUT2D eigenvalue weighted by Gasteiger charge is 2.20. The van der Waals surface area contributed by atoms with Crippen LogP contribution in [0.25, 0.3) is 188 Å². The molecule has 0 bridgehead atoms. The molecule has 9 heteroatoms. The van der Waals surface area contributed by atoms with Gasteiger partial charge >= 0.3 is 0 Å². The summed E-state index contributed by atoms with van der Waals surface area (Å²) in [5.41, 5.74) is 17.6. The number of hydrogen-bond donors (Lipinski definition) is 0. The van der Waals surface area contributed by atoms with E-state index in [-0.39, 0.29) is 0 Å². The van der Waals surface area contributed by atoms with Crippen molar-refractivity contribution >= 4 is 86.7 Å². The SMILES string of the molecule is c1ccc(-c2cc(-c3ccccc3)cc(-c3nc(-c4ccc5c(ccc6ccccc65)c4)cc(-c4cc5cccnc5c5ncccc45)n3)c2)cc1.c1ccc(-c2ccc(-c3nc(-c4cnc5c(ccc6cccnc65)c4)nc(-c4cc5ccccc5c5ccccc45)n3)cc2)cc1. The number of rotatable bonds is 9. The molecule has 0 fully saturated rings. The molecule has 0 aliphatic rings. The van der Waals surface area contributed by atoms with Crippen molar-refractivity contribution in [3.63, 3.8) is 0 Å². The molecule has 0 saturated heterocycles. The molecule has 0 aliphatic heterocycles. The van der Waals surface area contributed by atoms with Crippen LogP contribution in [0, 0.1) is 0 Å². The largest absolute Gasteiger partial charge is 0.254 e. The molecule has 0 unspecified atom stereocenters. The van der Waals surface area contributed by atoms with E-state index in [2.05, 4.69) is 290 Å². The van der Waals surface area contributed by atoms with Gasteiger partial charge in [-0.3, -0.25) is 19.9 Å². The van der Waals surface area contributed by atoms with Crippen molar-refractivity contribution in [3.05, 3.63) is 334 Å². The first-order chi connectivity index (χ1) is 48.5. The van der Waals surface area contributed by atoms with Crippen LogP contribution >= 0.6 is 0 Å². The van der Waals surface area contributed by atoms with E-state index in [9.17, 15) is 0 Å². The summed E-state index contributed by atoms with van der Waals surface area (Å²) < 4.78 is 0. The third-order valence-corrected chi connectivity index (χ3v) is 18.5. The van der Waals surface area contributed by atoms with Crippen LogP contribution in [0.3, 0.4) is 0 Å². The lowest BCUT2D eigenvalue weighted by atomic mass is 9.95. The molecule has 0 saturated carbocycles. The summed E-state index contributed by atoms with van der Waals surface area (Å²) in [5, 5.41) is 13.5. The first-order valence-electron chi connectivity index (χ1n) is 32.7. The van der Waals surface area contributed by atoms with Crippen LogP contribution < -0.4 is 0 Å². The van der Waals surface area contributed by atoms with Crippen LogP contribution in [-0.4, -0.2) is 44.9 Å². The number of nitrogens with zero attached hydrogens (tertiary/aromatic N) is 9. The summed E-state index contributed by atoms with van der Waals surface area (Å²) >= 11 is 0. The number of fused-ring (bicyclic) bond motifs is 12. The predicted molar refractivity (Wildman–Crippen MR) is 402 cm³/mol. The second-order valence-electron chi connectivity index (χ2n) is 24.5. The molecule has 9 nitrogen and oxygen atoms in total. The Hall–Kier alpha value is -13.4. The van der Waals surface area contributed by atoms with Crippen molar-refractivity contribution in [1.82, 2.24) is 44.9 Å². The zero-order valence-corrected chi connectivity index (χ0v) is 52.8. The minimum Gasteiger partial charge on any atom is -0.254 e. The van der Waals surface area contributed by atoms with Gasteiger partial charge in [0.05, 0.1) is 33.5 Å². The van der Waals surface area contributed by atoms with E-state index in [1.54, 1.807) is 6.20 Å². The molecule has 19 rings (SSSR count). The van der Waals surface area contributed by atoms with Gasteiger partial charge in [0.15, 0.2) is 23.3 Å². The molecule has 0 aliphatic carbocycles. The van der Waals surface area contributed by atoms with Crippen molar-refractivity contribution in [2.45, 2.75) is 0 Å². The third-order valence-electron chi connectivity index (χ3n) is 18.5. The molecule has 0 radical (unpaired) electrons. The van der Waals surface area contributed by atoms with E-state index in [1.165, 1.54) is 26.9 Å². The third kappa shape index (κ3) is 10.7. The van der Waals surface area contributed by atoms with Crippen LogP contribution in [0.5, 0.6) is 0 Å². The van der Waals surface area contributed by atoms with Crippen molar-refractivity contribution in [3.8, 4) is 101 Å². The Balaban J connectivity index is 0.000000143. The van der Waals surface area contributed by atoms with E-state index in [1.807, 2.05) is 42.9 Å². The highest BCUT2D eigenvalue weighted by molar-refractivity contribution is 6.14. The first-order valence-corrected chi connectivity index (χ1v) is 32.7. The normalized spacial score (nSPS) is 11.5. The lowest BCUT2D eigenvalue weighted by molar-refractivity contribution is 1.07. The Kier molecular flexibility index (Phi) is 14.3. The molecule has 456 valence electrons. The number of pyridine rings is 4. The Bertz CT molecular complexity index is 6250. The first kappa shape index (κ1) is 57.3. The van der Waals surface area contributed by atoms with Crippen molar-refractivity contribution in [1.29, 1.82) is 0 Å². The summed E-state index contributed by atoms with van der Waals surface area (Å²) in [6, 6.07) is 108. The highest BCUT2D eigenvalue weighted by Crippen LogP contribution is 2.40. The Labute approximate surface area is 563 Å². The Morgan fingerprint density at radius 3 is 1.32 bits per heavy atom. The molecular formula is C89H55N9. The fourth-order valence-corrected chi connectivity index (χ4v) is 13.7. The molecule has 0 amide bonds. The van der Waals surface area contributed by atoms with Crippen molar-refractivity contribution in [2.75, 3.05) is 0 Å². The molecule has 98 heavy (non-hydrogen) atoms. The summed E-state index contributed by atoms with van der Waals surface area (Å²) in [5.74, 6) is 2.45. The maximum Gasteiger partial charge on any atom is 0.165 e. The molecule has 0 atom stereocenters. The molecular weight excluding hydrogens is 1200 g/mol. The van der Waals surface area contributed by atoms with Gasteiger partial charge in [-0.1, -0.05) is 243 Å². The fraction of sp³-hybridized carbons (Fsp3) is 0. The van der Waals surface area contributed by atoms with E-state index < -0.39 is 0 Å². The maximum absolute atomic E-state index is 5.37. The summed E-state index contributed by atoms with van der Waals surface area (Å²) in [7, 11) is 0. The average molecular weight is 1250 g/mol. The van der Waals surface area contributed by atoms with E-state index in [0.29, 0.717) is 23.3 Å². The van der Waals surface area contributed by atoms with Gasteiger partial charge in [-0.05, 0) is 143 Å². The number of hydrogen-bond acceptors (Lipinski definition) is 9. The second kappa shape index (κ2) is 24.5. The zero-order chi connectivity index (χ0) is 64.9. The standard InChI is InChI=1S/C48H30N4.C41H25N5/c1-3-11-31(12-4-1)37-26-38(32-13-5-2-6-14-32)28-39(27-37)48-51-44(35-21-22-41-34(25-35)20-19-33-15-7-8-17-40(33)41)30-45(52-48)43-29-36-16-9-23-49-46(36)47-42(43)18-10-24-50-47;1-2-9-26(10-3-1)27-16-19-29(20-17-27)39-44-40(32-23-31-21-18-28-12-8-22-42-37(28)38(31)43-25-32)46-41(45-39)36-24-30-11-4-5-13-33(30)34-14-6-7-15-35(34)36/h1-30H;1-25H. The van der Waals surface area contributed by atoms with Crippen LogP contribution in [0.1, 0.15) is 0 Å². The predicted octanol–water partition coefficient (Wildman–Crippen LogP) is 22.2. The molecule has 0 spiro atoms. The van der Waals surface area contributed by atoms with Gasteiger partial charge < -0.3 is 0 Å².